The lowest BCUT2D eigenvalue weighted by molar-refractivity contribution is 0.287. The van der Waals surface area contributed by atoms with E-state index in [0.29, 0.717) is 5.82 Å². The summed E-state index contributed by atoms with van der Waals surface area (Å²) in [4.78, 5) is 4.12. The molecule has 2 saturated carbocycles. The van der Waals surface area contributed by atoms with Gasteiger partial charge in [-0.3, -0.25) is 0 Å². The first-order valence-corrected chi connectivity index (χ1v) is 8.81. The second-order valence-corrected chi connectivity index (χ2v) is 7.89. The van der Waals surface area contributed by atoms with E-state index >= 15 is 0 Å². The molecule has 0 spiro atoms. The molecule has 0 aromatic carbocycles. The number of nitrogens with zero attached hydrogens (tertiary/aromatic N) is 3. The van der Waals surface area contributed by atoms with Crippen LogP contribution in [0.4, 0.5) is 0 Å². The Labute approximate surface area is 114 Å². The van der Waals surface area contributed by atoms with Crippen molar-refractivity contribution < 1.29 is 8.42 Å². The third kappa shape index (κ3) is 2.99. The Bertz CT molecular complexity index is 530. The van der Waals surface area contributed by atoms with E-state index in [-0.39, 0.29) is 5.25 Å². The molecule has 1 heterocycles. The van der Waals surface area contributed by atoms with Gasteiger partial charge in [0.1, 0.15) is 6.33 Å². The molecule has 2 fully saturated rings. The van der Waals surface area contributed by atoms with Crippen molar-refractivity contribution in [3.05, 3.63) is 12.2 Å². The fourth-order valence-electron chi connectivity index (χ4n) is 2.53. The van der Waals surface area contributed by atoms with Gasteiger partial charge in [0.15, 0.2) is 5.82 Å². The summed E-state index contributed by atoms with van der Waals surface area (Å²) in [6.07, 6.45) is 11.4. The Hall–Kier alpha value is -0.910. The molecule has 0 radical (unpaired) electrons. The Morgan fingerprint density at radius 1 is 1.21 bits per heavy atom. The summed E-state index contributed by atoms with van der Waals surface area (Å²) in [6.45, 7) is 0. The highest BCUT2D eigenvalue weighted by Gasteiger charge is 2.37. The van der Waals surface area contributed by atoms with Crippen LogP contribution in [0.3, 0.4) is 0 Å². The molecule has 0 atom stereocenters. The van der Waals surface area contributed by atoms with Gasteiger partial charge in [0.05, 0.1) is 5.25 Å². The maximum absolute atomic E-state index is 11.9. The van der Waals surface area contributed by atoms with Gasteiger partial charge in [-0.05, 0) is 25.2 Å². The fraction of sp³-hybridized carbons (Fsp3) is 0.846. The van der Waals surface area contributed by atoms with Gasteiger partial charge >= 0.3 is 0 Å². The molecule has 0 unspecified atom stereocenters. The monoisotopic (exact) mass is 283 g/mol. The second-order valence-electron chi connectivity index (χ2n) is 5.82. The van der Waals surface area contributed by atoms with Gasteiger partial charge in [0.25, 0.3) is 10.0 Å². The maximum atomic E-state index is 11.9. The molecule has 0 N–H and O–H groups in total. The first-order valence-electron chi connectivity index (χ1n) is 7.31. The van der Waals surface area contributed by atoms with Crippen molar-refractivity contribution in [3.63, 3.8) is 0 Å². The van der Waals surface area contributed by atoms with Crippen molar-refractivity contribution in [1.29, 1.82) is 0 Å². The van der Waals surface area contributed by atoms with Crippen LogP contribution in [0.5, 0.6) is 0 Å². The van der Waals surface area contributed by atoms with E-state index in [2.05, 4.69) is 10.1 Å². The zero-order chi connectivity index (χ0) is 13.3. The zero-order valence-electron chi connectivity index (χ0n) is 11.2. The van der Waals surface area contributed by atoms with Crippen molar-refractivity contribution in [2.75, 3.05) is 0 Å². The molecule has 5 nitrogen and oxygen atoms in total. The molecule has 2 aliphatic carbocycles. The highest BCUT2D eigenvalue weighted by atomic mass is 32.2. The molecule has 19 heavy (non-hydrogen) atoms. The molecule has 106 valence electrons. The highest BCUT2D eigenvalue weighted by molar-refractivity contribution is 7.90. The van der Waals surface area contributed by atoms with E-state index in [1.165, 1.54) is 38.4 Å². The Morgan fingerprint density at radius 3 is 2.63 bits per heavy atom. The molecule has 0 aliphatic heterocycles. The summed E-state index contributed by atoms with van der Waals surface area (Å²) < 4.78 is 24.9. The zero-order valence-corrected chi connectivity index (χ0v) is 12.0. The minimum absolute atomic E-state index is 0.222. The summed E-state index contributed by atoms with van der Waals surface area (Å²) in [6, 6.07) is 0. The first-order chi connectivity index (χ1) is 9.16. The van der Waals surface area contributed by atoms with Gasteiger partial charge in [0, 0.05) is 6.42 Å². The normalized spacial score (nSPS) is 20.4. The number of aryl methyl sites for hydroxylation is 1. The van der Waals surface area contributed by atoms with Crippen LogP contribution in [0.15, 0.2) is 6.33 Å². The quantitative estimate of drug-likeness (QED) is 0.719. The van der Waals surface area contributed by atoms with Crippen LogP contribution < -0.4 is 0 Å². The summed E-state index contributed by atoms with van der Waals surface area (Å²) in [7, 11) is -3.24. The molecule has 6 heteroatoms. The van der Waals surface area contributed by atoms with Gasteiger partial charge in [-0.1, -0.05) is 32.1 Å². The third-order valence-electron chi connectivity index (χ3n) is 4.21. The average Bonchev–Trinajstić information content (AvgIpc) is 3.07. The standard InChI is InChI=1S/C13H21N3O2S/c17-19(18,12-8-9-12)16-10-14-13(15-16)7-2-1-4-11-5-3-6-11/h10-12H,1-9H2. The lowest BCUT2D eigenvalue weighted by atomic mass is 9.82. The van der Waals surface area contributed by atoms with E-state index < -0.39 is 10.0 Å². The molecule has 2 aliphatic rings. The van der Waals surface area contributed by atoms with Crippen molar-refractivity contribution in [1.82, 2.24) is 14.2 Å². The van der Waals surface area contributed by atoms with E-state index in [1.807, 2.05) is 0 Å². The summed E-state index contributed by atoms with van der Waals surface area (Å²) in [5.41, 5.74) is 0. The van der Waals surface area contributed by atoms with Gasteiger partial charge in [-0.2, -0.15) is 0 Å². The van der Waals surface area contributed by atoms with Gasteiger partial charge in [-0.25, -0.2) is 13.4 Å². The predicted molar refractivity (Wildman–Crippen MR) is 72.3 cm³/mol. The van der Waals surface area contributed by atoms with E-state index in [1.54, 1.807) is 0 Å². The van der Waals surface area contributed by atoms with E-state index in [4.69, 9.17) is 0 Å². The number of unbranched alkanes of at least 4 members (excludes halogenated alkanes) is 1. The van der Waals surface area contributed by atoms with Crippen molar-refractivity contribution >= 4 is 10.0 Å². The van der Waals surface area contributed by atoms with Crippen molar-refractivity contribution in [3.8, 4) is 0 Å². The molecule has 0 amide bonds. The van der Waals surface area contributed by atoms with Crippen LogP contribution in [0.2, 0.25) is 0 Å². The summed E-state index contributed by atoms with van der Waals surface area (Å²) in [5, 5.41) is 3.89. The molecule has 1 aromatic heterocycles. The largest absolute Gasteiger partial charge is 0.258 e. The molecular weight excluding hydrogens is 262 g/mol. The highest BCUT2D eigenvalue weighted by Crippen LogP contribution is 2.31. The van der Waals surface area contributed by atoms with Crippen LogP contribution in [0.1, 0.15) is 57.2 Å². The lowest BCUT2D eigenvalue weighted by Crippen LogP contribution is -2.18. The van der Waals surface area contributed by atoms with Gasteiger partial charge < -0.3 is 0 Å². The smallest absolute Gasteiger partial charge is 0.219 e. The number of rotatable bonds is 7. The predicted octanol–water partition coefficient (Wildman–Crippen LogP) is 2.13. The van der Waals surface area contributed by atoms with Crippen LogP contribution in [0, 0.1) is 5.92 Å². The first kappa shape index (κ1) is 13.1. The fourth-order valence-corrected chi connectivity index (χ4v) is 3.96. The van der Waals surface area contributed by atoms with Gasteiger partial charge in [-0.15, -0.1) is 9.19 Å². The molecule has 1 aromatic rings. The number of aromatic nitrogens is 3. The third-order valence-corrected chi connectivity index (χ3v) is 6.22. The molecular formula is C13H21N3O2S. The van der Waals surface area contributed by atoms with Crippen LogP contribution >= 0.6 is 0 Å². The topological polar surface area (TPSA) is 64.8 Å². The Kier molecular flexibility index (Phi) is 3.60. The Morgan fingerprint density at radius 2 is 2.00 bits per heavy atom. The SMILES string of the molecule is O=S(=O)(C1CC1)n1cnc(CCCCC2CCC2)n1. The van der Waals surface area contributed by atoms with Crippen LogP contribution in [-0.2, 0) is 16.4 Å². The number of hydrogen-bond acceptors (Lipinski definition) is 4. The minimum Gasteiger partial charge on any atom is -0.219 e. The van der Waals surface area contributed by atoms with Crippen LogP contribution in [-0.4, -0.2) is 27.8 Å². The van der Waals surface area contributed by atoms with Crippen LogP contribution in [0.25, 0.3) is 0 Å². The summed E-state index contributed by atoms with van der Waals surface area (Å²) in [5.74, 6) is 1.61. The Balaban J connectivity index is 1.47. The van der Waals surface area contributed by atoms with E-state index in [0.717, 1.165) is 35.7 Å². The summed E-state index contributed by atoms with van der Waals surface area (Å²) >= 11 is 0. The average molecular weight is 283 g/mol. The molecule has 0 bridgehead atoms. The van der Waals surface area contributed by atoms with E-state index in [9.17, 15) is 8.42 Å². The minimum atomic E-state index is -3.24. The molecule has 0 saturated heterocycles. The van der Waals surface area contributed by atoms with Crippen molar-refractivity contribution in [2.45, 2.75) is 63.0 Å². The van der Waals surface area contributed by atoms with Gasteiger partial charge in [0.2, 0.25) is 0 Å². The molecule has 3 rings (SSSR count). The second kappa shape index (κ2) is 5.23. The maximum Gasteiger partial charge on any atom is 0.258 e. The van der Waals surface area contributed by atoms with Crippen molar-refractivity contribution in [2.24, 2.45) is 5.92 Å². The number of hydrogen-bond donors (Lipinski definition) is 0. The lowest BCUT2D eigenvalue weighted by Gasteiger charge is -2.24.